The summed E-state index contributed by atoms with van der Waals surface area (Å²) >= 11 is 5.30. The van der Waals surface area contributed by atoms with Crippen molar-refractivity contribution in [3.8, 4) is 0 Å². The minimum atomic E-state index is -0.346. The van der Waals surface area contributed by atoms with Gasteiger partial charge in [-0.2, -0.15) is 0 Å². The van der Waals surface area contributed by atoms with Gasteiger partial charge in [-0.1, -0.05) is 67.4 Å². The van der Waals surface area contributed by atoms with E-state index < -0.39 is 0 Å². The van der Waals surface area contributed by atoms with Crippen molar-refractivity contribution >= 4 is 42.0 Å². The Bertz CT molecular complexity index is 734. The third-order valence-electron chi connectivity index (χ3n) is 3.16. The zero-order valence-corrected chi connectivity index (χ0v) is 18.7. The molecule has 0 bridgehead atoms. The van der Waals surface area contributed by atoms with Gasteiger partial charge in [0.05, 0.1) is 17.2 Å². The number of aromatic nitrogens is 2. The van der Waals surface area contributed by atoms with E-state index in [0.717, 1.165) is 11.0 Å². The van der Waals surface area contributed by atoms with E-state index in [1.807, 2.05) is 24.3 Å². The van der Waals surface area contributed by atoms with E-state index in [-0.39, 0.29) is 22.6 Å². The number of halogens is 3. The van der Waals surface area contributed by atoms with Gasteiger partial charge in [0, 0.05) is 0 Å². The molecule has 2 aromatic carbocycles. The van der Waals surface area contributed by atoms with Crippen LogP contribution in [0.3, 0.4) is 0 Å². The van der Waals surface area contributed by atoms with Crippen molar-refractivity contribution in [3.05, 3.63) is 78.4 Å². The van der Waals surface area contributed by atoms with Crippen LogP contribution in [0, 0.1) is 14.4 Å². The SMILES string of the molecule is Cc1ccc(C(C)C)cc1.Clc1cnc2ccccc2n1.[CH3-].[Cl][Ru][Cl]. The van der Waals surface area contributed by atoms with Crippen molar-refractivity contribution in [2.45, 2.75) is 26.7 Å². The zero-order chi connectivity index (χ0) is 17.9. The Morgan fingerprint density at radius 1 is 0.920 bits per heavy atom. The normalized spacial score (nSPS) is 9.56. The standard InChI is InChI=1S/C10H14.C8H5ClN2.CH3.2ClH.Ru/c1-8(2)10-6-4-9(3)5-7-10;9-8-5-10-6-3-1-2-4-7(6)11-8;;;;/h4-8H,1-3H3;1-5H;1H3;2*1H;/q;;-1;;;+2/p-2. The number of rotatable bonds is 1. The number of hydrogen-bond donors (Lipinski definition) is 0. The molecule has 1 heterocycles. The fourth-order valence-electron chi connectivity index (χ4n) is 1.89. The molecule has 0 aliphatic rings. The van der Waals surface area contributed by atoms with E-state index in [2.05, 4.69) is 55.0 Å². The van der Waals surface area contributed by atoms with Gasteiger partial charge in [0.2, 0.25) is 0 Å². The van der Waals surface area contributed by atoms with Crippen LogP contribution in [0.2, 0.25) is 5.15 Å². The third kappa shape index (κ3) is 9.51. The molecule has 0 unspecified atom stereocenters. The van der Waals surface area contributed by atoms with E-state index in [0.29, 0.717) is 11.1 Å². The van der Waals surface area contributed by atoms with Gasteiger partial charge in [-0.3, -0.25) is 4.98 Å². The fraction of sp³-hybridized carbons (Fsp3) is 0.211. The van der Waals surface area contributed by atoms with E-state index in [1.165, 1.54) is 11.1 Å². The molecule has 6 heteroatoms. The summed E-state index contributed by atoms with van der Waals surface area (Å²) in [5.74, 6) is 0.653. The van der Waals surface area contributed by atoms with Crippen molar-refractivity contribution in [1.29, 1.82) is 0 Å². The predicted molar refractivity (Wildman–Crippen MR) is 108 cm³/mol. The monoisotopic (exact) mass is 485 g/mol. The molecule has 0 saturated carbocycles. The molecule has 2 nitrogen and oxygen atoms in total. The molecular weight excluding hydrogens is 464 g/mol. The van der Waals surface area contributed by atoms with Crippen LogP contribution in [0.15, 0.2) is 54.7 Å². The summed E-state index contributed by atoms with van der Waals surface area (Å²) in [5.41, 5.74) is 4.46. The molecule has 0 atom stereocenters. The number of para-hydroxylation sites is 2. The Balaban J connectivity index is 0.000000388. The third-order valence-corrected chi connectivity index (χ3v) is 3.35. The van der Waals surface area contributed by atoms with E-state index in [9.17, 15) is 0 Å². The second-order valence-electron chi connectivity index (χ2n) is 5.30. The Morgan fingerprint density at radius 3 is 1.96 bits per heavy atom. The van der Waals surface area contributed by atoms with Crippen molar-refractivity contribution < 1.29 is 15.1 Å². The van der Waals surface area contributed by atoms with E-state index in [1.54, 1.807) is 6.20 Å². The summed E-state index contributed by atoms with van der Waals surface area (Å²) in [5, 5.41) is 0.434. The molecule has 3 aromatic rings. The van der Waals surface area contributed by atoms with Crippen LogP contribution in [0.25, 0.3) is 11.0 Å². The first-order valence-corrected chi connectivity index (χ1v) is 12.1. The van der Waals surface area contributed by atoms with Crippen LogP contribution in [0.4, 0.5) is 0 Å². The number of hydrogen-bond acceptors (Lipinski definition) is 2. The van der Waals surface area contributed by atoms with Crippen LogP contribution < -0.4 is 0 Å². The summed E-state index contributed by atoms with van der Waals surface area (Å²) in [6.45, 7) is 6.54. The molecule has 1 aromatic heterocycles. The molecule has 0 radical (unpaired) electrons. The van der Waals surface area contributed by atoms with Crippen LogP contribution in [0.1, 0.15) is 30.9 Å². The van der Waals surface area contributed by atoms with Crippen LogP contribution >= 0.6 is 31.0 Å². The summed E-state index contributed by atoms with van der Waals surface area (Å²) in [6.07, 6.45) is 1.55. The molecule has 0 spiro atoms. The fourth-order valence-corrected chi connectivity index (χ4v) is 2.03. The molecule has 0 amide bonds. The maximum atomic E-state index is 5.65. The molecule has 0 N–H and O–H groups in total. The minimum absolute atomic E-state index is 0. The Kier molecular flexibility index (Phi) is 13.1. The molecule has 0 fully saturated rings. The molecule has 3 rings (SSSR count). The van der Waals surface area contributed by atoms with E-state index >= 15 is 0 Å². The Hall–Kier alpha value is -0.727. The van der Waals surface area contributed by atoms with Gasteiger partial charge in [-0.15, -0.1) is 0 Å². The summed E-state index contributed by atoms with van der Waals surface area (Å²) < 4.78 is 0. The van der Waals surface area contributed by atoms with Gasteiger partial charge in [-0.25, -0.2) is 4.98 Å². The predicted octanol–water partition coefficient (Wildman–Crippen LogP) is 7.23. The van der Waals surface area contributed by atoms with Gasteiger partial charge >= 0.3 is 34.5 Å². The zero-order valence-electron chi connectivity index (χ0n) is 14.7. The van der Waals surface area contributed by atoms with Crippen molar-refractivity contribution in [2.24, 2.45) is 0 Å². The molecule has 25 heavy (non-hydrogen) atoms. The van der Waals surface area contributed by atoms with Gasteiger partial charge in [0.1, 0.15) is 5.15 Å². The summed E-state index contributed by atoms with van der Waals surface area (Å²) in [6, 6.07) is 16.3. The molecular formula is C19H22Cl3N2Ru-. The summed E-state index contributed by atoms with van der Waals surface area (Å²) in [7, 11) is 9.71. The average molecular weight is 486 g/mol. The van der Waals surface area contributed by atoms with Crippen molar-refractivity contribution in [1.82, 2.24) is 9.97 Å². The topological polar surface area (TPSA) is 25.8 Å². The molecule has 0 saturated heterocycles. The first-order chi connectivity index (χ1) is 11.5. The number of benzene rings is 2. The first-order valence-electron chi connectivity index (χ1n) is 7.27. The van der Waals surface area contributed by atoms with Gasteiger partial charge in [-0.05, 0) is 30.5 Å². The van der Waals surface area contributed by atoms with Gasteiger partial charge < -0.3 is 7.43 Å². The number of aryl methyl sites for hydroxylation is 1. The summed E-state index contributed by atoms with van der Waals surface area (Å²) in [4.78, 5) is 8.16. The average Bonchev–Trinajstić information content (AvgIpc) is 2.56. The molecule has 138 valence electrons. The van der Waals surface area contributed by atoms with Crippen molar-refractivity contribution in [2.75, 3.05) is 0 Å². The van der Waals surface area contributed by atoms with Crippen LogP contribution in [-0.4, -0.2) is 9.97 Å². The number of fused-ring (bicyclic) bond motifs is 1. The number of nitrogens with zero attached hydrogens (tertiary/aromatic N) is 2. The van der Waals surface area contributed by atoms with Gasteiger partial charge in [0.25, 0.3) is 0 Å². The van der Waals surface area contributed by atoms with Crippen LogP contribution in [-0.2, 0) is 15.1 Å². The second kappa shape index (κ2) is 13.5. The molecule has 0 aliphatic carbocycles. The molecule has 0 aliphatic heterocycles. The van der Waals surface area contributed by atoms with Crippen LogP contribution in [0.5, 0.6) is 0 Å². The Labute approximate surface area is 171 Å². The van der Waals surface area contributed by atoms with E-state index in [4.69, 9.17) is 31.0 Å². The Morgan fingerprint density at radius 2 is 1.44 bits per heavy atom. The van der Waals surface area contributed by atoms with Gasteiger partial charge in [0.15, 0.2) is 0 Å². The quantitative estimate of drug-likeness (QED) is 0.268. The second-order valence-corrected chi connectivity index (χ2v) is 8.32. The first kappa shape index (κ1) is 24.3. The van der Waals surface area contributed by atoms with Crippen molar-refractivity contribution in [3.63, 3.8) is 0 Å². The maximum absolute atomic E-state index is 5.65.